The monoisotopic (exact) mass is 543 g/mol. The molecule has 9 rings (SSSR count). The molecule has 0 radical (unpaired) electrons. The van der Waals surface area contributed by atoms with Gasteiger partial charge in [0.05, 0.1) is 0 Å². The molecule has 42 heavy (non-hydrogen) atoms. The van der Waals surface area contributed by atoms with Crippen LogP contribution >= 0.6 is 0 Å². The molecule has 0 atom stereocenters. The number of carbonyl (C=O) groups is 2. The first-order valence-electron chi connectivity index (χ1n) is 15.1. The van der Waals surface area contributed by atoms with Crippen molar-refractivity contribution in [3.05, 3.63) is 95.1 Å². The fourth-order valence-corrected chi connectivity index (χ4v) is 8.12. The second-order valence-corrected chi connectivity index (χ2v) is 12.2. The molecule has 0 N–H and O–H groups in total. The third kappa shape index (κ3) is 2.76. The van der Waals surface area contributed by atoms with Crippen molar-refractivity contribution in [3.8, 4) is 0 Å². The minimum atomic E-state index is -0.168. The average molecular weight is 544 g/mol. The molecule has 0 spiro atoms. The van der Waals surface area contributed by atoms with E-state index in [9.17, 15) is 9.59 Å². The summed E-state index contributed by atoms with van der Waals surface area (Å²) in [5.41, 5.74) is 3.90. The first-order chi connectivity index (χ1) is 20.5. The molecule has 1 heterocycles. The molecule has 0 bridgehead atoms. The lowest BCUT2D eigenvalue weighted by Gasteiger charge is -2.28. The van der Waals surface area contributed by atoms with Gasteiger partial charge in [0.2, 0.25) is 0 Å². The number of unbranched alkanes of at least 4 members (excludes halogenated alkanes) is 2. The molecule has 0 saturated heterocycles. The molecule has 3 heteroatoms. The van der Waals surface area contributed by atoms with E-state index in [0.29, 0.717) is 17.7 Å². The minimum absolute atomic E-state index is 0.168. The van der Waals surface area contributed by atoms with Gasteiger partial charge in [-0.3, -0.25) is 14.5 Å². The smallest absolute Gasteiger partial charge is 0.261 e. The Labute approximate surface area is 243 Å². The lowest BCUT2D eigenvalue weighted by atomic mass is 9.81. The van der Waals surface area contributed by atoms with E-state index < -0.39 is 0 Å². The Hall–Kier alpha value is -4.76. The van der Waals surface area contributed by atoms with Crippen LogP contribution < -0.4 is 0 Å². The topological polar surface area (TPSA) is 37.4 Å². The molecule has 8 aromatic rings. The lowest BCUT2D eigenvalue weighted by molar-refractivity contribution is 0.0608. The van der Waals surface area contributed by atoms with E-state index in [1.165, 1.54) is 69.9 Å². The first-order valence-corrected chi connectivity index (χ1v) is 15.1. The maximum atomic E-state index is 13.7. The highest BCUT2D eigenvalue weighted by molar-refractivity contribution is 6.44. The van der Waals surface area contributed by atoms with Crippen LogP contribution in [0.4, 0.5) is 0 Å². The zero-order valence-corrected chi connectivity index (χ0v) is 24.0. The van der Waals surface area contributed by atoms with Crippen molar-refractivity contribution in [2.24, 2.45) is 0 Å². The van der Waals surface area contributed by atoms with Gasteiger partial charge in [0.1, 0.15) is 0 Å². The van der Waals surface area contributed by atoms with Gasteiger partial charge in [0.15, 0.2) is 0 Å². The summed E-state index contributed by atoms with van der Waals surface area (Å²) in [5, 5.41) is 16.8. The van der Waals surface area contributed by atoms with E-state index >= 15 is 0 Å². The van der Waals surface area contributed by atoms with Crippen LogP contribution in [-0.2, 0) is 0 Å². The number of hydrogen-bond donors (Lipinski definition) is 0. The van der Waals surface area contributed by atoms with Crippen LogP contribution in [0.1, 0.15) is 58.0 Å². The van der Waals surface area contributed by atoms with Gasteiger partial charge in [-0.15, -0.1) is 0 Å². The molecule has 1 aliphatic rings. The maximum Gasteiger partial charge on any atom is 0.261 e. The normalized spacial score (nSPS) is 14.0. The predicted octanol–water partition coefficient (Wildman–Crippen LogP) is 10.0. The van der Waals surface area contributed by atoms with Crippen LogP contribution in [0.5, 0.6) is 0 Å². The van der Waals surface area contributed by atoms with Gasteiger partial charge in [0.25, 0.3) is 11.8 Å². The summed E-state index contributed by atoms with van der Waals surface area (Å²) in [6.07, 6.45) is 2.88. The van der Waals surface area contributed by atoms with Gasteiger partial charge in [-0.05, 0) is 114 Å². The van der Waals surface area contributed by atoms with E-state index in [0.717, 1.165) is 40.8 Å². The van der Waals surface area contributed by atoms with Gasteiger partial charge in [-0.1, -0.05) is 80.4 Å². The fraction of sp³-hybridized carbons (Fsp3) is 0.179. The largest absolute Gasteiger partial charge is 0.274 e. The molecular weight excluding hydrogens is 514 g/mol. The quantitative estimate of drug-likeness (QED) is 0.0958. The lowest BCUT2D eigenvalue weighted by Crippen LogP contribution is -2.40. The third-order valence-corrected chi connectivity index (χ3v) is 10.00. The van der Waals surface area contributed by atoms with Crippen molar-refractivity contribution in [1.29, 1.82) is 0 Å². The number of hydrogen-bond acceptors (Lipinski definition) is 2. The van der Waals surface area contributed by atoms with Crippen molar-refractivity contribution >= 4 is 87.2 Å². The second-order valence-electron chi connectivity index (χ2n) is 12.2. The van der Waals surface area contributed by atoms with Crippen LogP contribution in [0.2, 0.25) is 0 Å². The zero-order chi connectivity index (χ0) is 28.4. The molecule has 0 aromatic heterocycles. The fourth-order valence-electron chi connectivity index (χ4n) is 8.12. The van der Waals surface area contributed by atoms with E-state index in [1.807, 2.05) is 12.1 Å². The van der Waals surface area contributed by atoms with Crippen molar-refractivity contribution in [2.45, 2.75) is 40.0 Å². The minimum Gasteiger partial charge on any atom is -0.274 e. The number of carbonyl (C=O) groups excluding carboxylic acids is 2. The summed E-state index contributed by atoms with van der Waals surface area (Å²) in [6, 6.07) is 26.3. The van der Waals surface area contributed by atoms with Gasteiger partial charge in [-0.2, -0.15) is 0 Å². The maximum absolute atomic E-state index is 13.7. The number of amides is 2. The number of aryl methyl sites for hydroxylation is 2. The molecular formula is C39H29NO2. The molecule has 0 fully saturated rings. The predicted molar refractivity (Wildman–Crippen MR) is 176 cm³/mol. The highest BCUT2D eigenvalue weighted by Gasteiger charge is 2.34. The van der Waals surface area contributed by atoms with E-state index in [1.54, 1.807) is 0 Å². The first kappa shape index (κ1) is 23.9. The summed E-state index contributed by atoms with van der Waals surface area (Å²) >= 11 is 0. The Morgan fingerprint density at radius 1 is 0.452 bits per heavy atom. The van der Waals surface area contributed by atoms with Gasteiger partial charge in [-0.25, -0.2) is 0 Å². The van der Waals surface area contributed by atoms with Crippen molar-refractivity contribution < 1.29 is 9.59 Å². The summed E-state index contributed by atoms with van der Waals surface area (Å²) in [7, 11) is 0. The molecule has 1 aliphatic heterocycles. The SMILES string of the molecule is CCCCCN1C(=O)c2ccc3c4ccc5c6ccc(C)c7c(C)ccc(c8ccc(c9ccc(c2c39)C1=O)c4c58)c76. The zero-order valence-electron chi connectivity index (χ0n) is 24.0. The highest BCUT2D eigenvalue weighted by Crippen LogP contribution is 2.49. The van der Waals surface area contributed by atoms with Crippen LogP contribution in [0.15, 0.2) is 72.8 Å². The summed E-state index contributed by atoms with van der Waals surface area (Å²) in [5.74, 6) is -0.336. The number of imide groups is 1. The Morgan fingerprint density at radius 2 is 0.810 bits per heavy atom. The Balaban J connectivity index is 1.42. The van der Waals surface area contributed by atoms with Crippen molar-refractivity contribution in [2.75, 3.05) is 6.54 Å². The van der Waals surface area contributed by atoms with Crippen LogP contribution in [0.3, 0.4) is 0 Å². The van der Waals surface area contributed by atoms with Crippen molar-refractivity contribution in [3.63, 3.8) is 0 Å². The molecule has 0 saturated carbocycles. The second kappa shape index (κ2) is 8.17. The number of benzene rings is 8. The molecule has 0 aliphatic carbocycles. The van der Waals surface area contributed by atoms with Crippen LogP contribution in [0.25, 0.3) is 75.4 Å². The number of nitrogens with zero attached hydrogens (tertiary/aromatic N) is 1. The average Bonchev–Trinajstić information content (AvgIpc) is 3.01. The Kier molecular flexibility index (Phi) is 4.65. The van der Waals surface area contributed by atoms with Gasteiger partial charge in [0, 0.05) is 23.1 Å². The van der Waals surface area contributed by atoms with Gasteiger partial charge < -0.3 is 0 Å². The molecule has 2 amide bonds. The van der Waals surface area contributed by atoms with E-state index in [2.05, 4.69) is 81.4 Å². The summed E-state index contributed by atoms with van der Waals surface area (Å²) in [4.78, 5) is 28.8. The number of rotatable bonds is 4. The Morgan fingerprint density at radius 3 is 1.24 bits per heavy atom. The molecule has 0 unspecified atom stereocenters. The van der Waals surface area contributed by atoms with Crippen LogP contribution in [0, 0.1) is 13.8 Å². The molecule has 3 nitrogen and oxygen atoms in total. The summed E-state index contributed by atoms with van der Waals surface area (Å²) < 4.78 is 0. The standard InChI is InChI=1S/C39H29NO2/c1-4-5-6-19-40-38(41)30-17-15-28-26-13-11-24-22-9-7-20(2)32-21(3)8-10-23(33(22)32)25-12-14-27(35(26)34(24)25)29-16-18-31(39(40)42)37(30)36(28)29/h7-18H,4-6,19H2,1-3H3. The highest BCUT2D eigenvalue weighted by atomic mass is 16.2. The van der Waals surface area contributed by atoms with Crippen molar-refractivity contribution in [1.82, 2.24) is 4.90 Å². The van der Waals surface area contributed by atoms with Gasteiger partial charge >= 0.3 is 0 Å². The van der Waals surface area contributed by atoms with E-state index in [4.69, 9.17) is 0 Å². The summed E-state index contributed by atoms with van der Waals surface area (Å²) in [6.45, 7) is 7.02. The van der Waals surface area contributed by atoms with E-state index in [-0.39, 0.29) is 11.8 Å². The van der Waals surface area contributed by atoms with Crippen LogP contribution in [-0.4, -0.2) is 23.3 Å². The molecule has 202 valence electrons. The Bertz CT molecular complexity index is 2330. The molecule has 8 aromatic carbocycles. The number of fused-ring (bicyclic) bond motifs is 4. The third-order valence-electron chi connectivity index (χ3n) is 10.00.